The third-order valence-electron chi connectivity index (χ3n) is 6.79. The van der Waals surface area contributed by atoms with Crippen molar-refractivity contribution >= 4 is 39.2 Å². The zero-order valence-electron chi connectivity index (χ0n) is 21.5. The van der Waals surface area contributed by atoms with Crippen LogP contribution >= 0.6 is 11.3 Å². The van der Waals surface area contributed by atoms with E-state index in [1.807, 2.05) is 26.0 Å². The number of amides is 2. The van der Waals surface area contributed by atoms with Crippen LogP contribution in [-0.2, 0) is 5.54 Å². The number of thiophene rings is 1. The number of likely N-dealkylation sites (tertiary alicyclic amines) is 1. The molecule has 2 aromatic carbocycles. The number of rotatable bonds is 7. The fraction of sp³-hybridized carbons (Fsp3) is 0.321. The molecule has 8 nitrogen and oxygen atoms in total. The number of benzene rings is 2. The summed E-state index contributed by atoms with van der Waals surface area (Å²) in [6.45, 7) is 5.74. The van der Waals surface area contributed by atoms with Crippen LogP contribution in [0.4, 0.5) is 10.2 Å². The Morgan fingerprint density at radius 3 is 2.45 bits per heavy atom. The monoisotopic (exact) mass is 535 g/mol. The molecule has 38 heavy (non-hydrogen) atoms. The lowest BCUT2D eigenvalue weighted by molar-refractivity contribution is 0.0915. The molecule has 5 rings (SSSR count). The number of aromatic nitrogens is 2. The second kappa shape index (κ2) is 10.5. The Balaban J connectivity index is 1.23. The molecule has 0 unspecified atom stereocenters. The molecule has 3 N–H and O–H groups in total. The quantitative estimate of drug-likeness (QED) is 0.304. The lowest BCUT2D eigenvalue weighted by Crippen LogP contribution is -2.40. The number of hydrogen-bond acceptors (Lipinski definition) is 6. The molecule has 1 aliphatic rings. The Bertz CT molecular complexity index is 1440. The van der Waals surface area contributed by atoms with E-state index in [1.165, 1.54) is 23.5 Å². The van der Waals surface area contributed by atoms with Gasteiger partial charge < -0.3 is 20.3 Å². The first-order chi connectivity index (χ1) is 18.2. The van der Waals surface area contributed by atoms with Gasteiger partial charge in [0.05, 0.1) is 15.8 Å². The smallest absolute Gasteiger partial charge is 0.262 e. The lowest BCUT2D eigenvalue weighted by Gasteiger charge is -2.29. The van der Waals surface area contributed by atoms with Crippen LogP contribution in [0.2, 0.25) is 0 Å². The van der Waals surface area contributed by atoms with E-state index in [2.05, 4.69) is 32.8 Å². The van der Waals surface area contributed by atoms with Crippen LogP contribution in [0.1, 0.15) is 52.3 Å². The highest BCUT2D eigenvalue weighted by atomic mass is 32.1. The summed E-state index contributed by atoms with van der Waals surface area (Å²) in [4.78, 5) is 29.2. The Morgan fingerprint density at radius 1 is 1.08 bits per heavy atom. The van der Waals surface area contributed by atoms with Gasteiger partial charge in [-0.3, -0.25) is 14.7 Å². The zero-order chi connectivity index (χ0) is 26.9. The number of piperidine rings is 1. The van der Waals surface area contributed by atoms with Crippen molar-refractivity contribution in [1.29, 1.82) is 0 Å². The number of ether oxygens (including phenoxy) is 1. The number of aromatic amines is 1. The predicted molar refractivity (Wildman–Crippen MR) is 146 cm³/mol. The van der Waals surface area contributed by atoms with Crippen molar-refractivity contribution in [2.45, 2.75) is 38.3 Å². The minimum Gasteiger partial charge on any atom is -0.490 e. The first kappa shape index (κ1) is 25.9. The number of halogens is 1. The maximum Gasteiger partial charge on any atom is 0.262 e. The second-order valence-electron chi connectivity index (χ2n) is 10.1. The summed E-state index contributed by atoms with van der Waals surface area (Å²) in [7, 11) is 2.11. The highest BCUT2D eigenvalue weighted by Gasteiger charge is 2.25. The number of fused-ring (bicyclic) bond motifs is 1. The Morgan fingerprint density at radius 2 is 1.76 bits per heavy atom. The summed E-state index contributed by atoms with van der Waals surface area (Å²) in [6.07, 6.45) is 2.16. The summed E-state index contributed by atoms with van der Waals surface area (Å²) in [5.41, 5.74) is 0.557. The molecule has 0 atom stereocenters. The number of nitrogens with zero attached hydrogens (tertiary/aromatic N) is 2. The summed E-state index contributed by atoms with van der Waals surface area (Å²) in [6, 6.07) is 14.8. The van der Waals surface area contributed by atoms with Gasteiger partial charge in [0.2, 0.25) is 0 Å². The van der Waals surface area contributed by atoms with Crippen LogP contribution in [0.5, 0.6) is 5.75 Å². The van der Waals surface area contributed by atoms with E-state index in [0.717, 1.165) is 37.2 Å². The number of carbonyl (C=O) groups excluding carboxylic acids is 2. The molecule has 10 heteroatoms. The Kier molecular flexibility index (Phi) is 7.18. The van der Waals surface area contributed by atoms with Crippen LogP contribution in [0.3, 0.4) is 0 Å². The maximum absolute atomic E-state index is 13.3. The molecule has 3 heterocycles. The Hall–Kier alpha value is -3.76. The summed E-state index contributed by atoms with van der Waals surface area (Å²) in [5.74, 6) is 0.263. The van der Waals surface area contributed by atoms with Crippen LogP contribution in [0.25, 0.3) is 10.2 Å². The van der Waals surface area contributed by atoms with Gasteiger partial charge in [-0.2, -0.15) is 5.10 Å². The standard InChI is InChI=1S/C28H30FN5O3S/c1-28(2,18-6-8-19(29)9-7-18)31-26(36)23-16-22-24(32-33-27(22)38-23)30-25(35)17-4-10-20(11-5-17)37-21-12-14-34(3)15-13-21/h4-11,16,21H,12-15H2,1-3H3,(H,31,36)(H2,30,32,33,35). The number of anilines is 1. The fourth-order valence-corrected chi connectivity index (χ4v) is 5.36. The normalized spacial score (nSPS) is 14.9. The highest BCUT2D eigenvalue weighted by molar-refractivity contribution is 7.20. The van der Waals surface area contributed by atoms with Crippen molar-refractivity contribution in [2.75, 3.05) is 25.5 Å². The van der Waals surface area contributed by atoms with E-state index in [4.69, 9.17) is 4.74 Å². The Labute approximate surface area is 224 Å². The predicted octanol–water partition coefficient (Wildman–Crippen LogP) is 5.15. The zero-order valence-corrected chi connectivity index (χ0v) is 22.3. The van der Waals surface area contributed by atoms with Crippen LogP contribution < -0.4 is 15.4 Å². The minimum atomic E-state index is -0.710. The van der Waals surface area contributed by atoms with Gasteiger partial charge in [-0.05, 0) is 81.8 Å². The number of nitrogens with one attached hydrogen (secondary N) is 3. The van der Waals surface area contributed by atoms with Crippen molar-refractivity contribution in [1.82, 2.24) is 20.4 Å². The number of hydrogen-bond donors (Lipinski definition) is 3. The molecular formula is C28H30FN5O3S. The first-order valence-corrected chi connectivity index (χ1v) is 13.3. The van der Waals surface area contributed by atoms with Crippen molar-refractivity contribution in [3.63, 3.8) is 0 Å². The van der Waals surface area contributed by atoms with Gasteiger partial charge in [-0.1, -0.05) is 12.1 Å². The maximum atomic E-state index is 13.3. The molecule has 0 aliphatic carbocycles. The van der Waals surface area contributed by atoms with E-state index in [1.54, 1.807) is 30.3 Å². The third-order valence-corrected chi connectivity index (χ3v) is 7.82. The van der Waals surface area contributed by atoms with E-state index in [-0.39, 0.29) is 23.7 Å². The molecule has 4 aromatic rings. The van der Waals surface area contributed by atoms with Crippen molar-refractivity contribution in [2.24, 2.45) is 0 Å². The number of carbonyl (C=O) groups is 2. The lowest BCUT2D eigenvalue weighted by atomic mass is 9.94. The fourth-order valence-electron chi connectivity index (χ4n) is 4.47. The molecule has 2 aromatic heterocycles. The molecule has 0 spiro atoms. The summed E-state index contributed by atoms with van der Waals surface area (Å²) >= 11 is 1.22. The molecular weight excluding hydrogens is 505 g/mol. The summed E-state index contributed by atoms with van der Waals surface area (Å²) in [5, 5.41) is 13.6. The van der Waals surface area contributed by atoms with Crippen molar-refractivity contribution < 1.29 is 18.7 Å². The van der Waals surface area contributed by atoms with E-state index in [0.29, 0.717) is 26.5 Å². The van der Waals surface area contributed by atoms with Crippen molar-refractivity contribution in [3.8, 4) is 5.75 Å². The molecule has 1 saturated heterocycles. The molecule has 1 aliphatic heterocycles. The van der Waals surface area contributed by atoms with E-state index >= 15 is 0 Å². The minimum absolute atomic E-state index is 0.190. The van der Waals surface area contributed by atoms with Crippen LogP contribution in [0, 0.1) is 5.82 Å². The van der Waals surface area contributed by atoms with Crippen LogP contribution in [-0.4, -0.2) is 53.2 Å². The highest BCUT2D eigenvalue weighted by Crippen LogP contribution is 2.31. The van der Waals surface area contributed by atoms with E-state index in [9.17, 15) is 14.0 Å². The first-order valence-electron chi connectivity index (χ1n) is 12.5. The van der Waals surface area contributed by atoms with Crippen LogP contribution in [0.15, 0.2) is 54.6 Å². The average molecular weight is 536 g/mol. The van der Waals surface area contributed by atoms with Gasteiger partial charge in [-0.25, -0.2) is 4.39 Å². The molecule has 0 bridgehead atoms. The molecule has 198 valence electrons. The van der Waals surface area contributed by atoms with Gasteiger partial charge in [0, 0.05) is 18.7 Å². The molecule has 2 amide bonds. The summed E-state index contributed by atoms with van der Waals surface area (Å²) < 4.78 is 19.4. The molecule has 1 fully saturated rings. The molecule has 0 radical (unpaired) electrons. The second-order valence-corrected chi connectivity index (χ2v) is 11.1. The largest absolute Gasteiger partial charge is 0.490 e. The van der Waals surface area contributed by atoms with Gasteiger partial charge in [0.25, 0.3) is 11.8 Å². The average Bonchev–Trinajstić information content (AvgIpc) is 3.48. The van der Waals surface area contributed by atoms with Gasteiger partial charge in [-0.15, -0.1) is 11.3 Å². The van der Waals surface area contributed by atoms with Crippen molar-refractivity contribution in [3.05, 3.63) is 76.4 Å². The topological polar surface area (TPSA) is 99.3 Å². The third kappa shape index (κ3) is 5.71. The molecule has 0 saturated carbocycles. The van der Waals surface area contributed by atoms with Gasteiger partial charge >= 0.3 is 0 Å². The van der Waals surface area contributed by atoms with Gasteiger partial charge in [0.15, 0.2) is 0 Å². The van der Waals surface area contributed by atoms with Gasteiger partial charge in [0.1, 0.15) is 28.3 Å². The number of H-pyrrole nitrogens is 1. The van der Waals surface area contributed by atoms with E-state index < -0.39 is 5.54 Å². The SMILES string of the molecule is CN1CCC(Oc2ccc(C(=O)Nc3[nH]nc4sc(C(=O)NC(C)(C)c5ccc(F)cc5)cc34)cc2)CC1.